The van der Waals surface area contributed by atoms with Crippen molar-refractivity contribution in [1.29, 1.82) is 0 Å². The predicted molar refractivity (Wildman–Crippen MR) is 62.1 cm³/mol. The van der Waals surface area contributed by atoms with Crippen LogP contribution in [0.5, 0.6) is 0 Å². The standard InChI is InChI=1S/C11H20N2O4/c1-5-17-11(16)10(7(2)3)13-9(15)6-12-8(4)14/h7,10H,5-6H2,1-4H3,(H,12,14)(H,13,15). The Balaban J connectivity index is 4.29. The van der Waals surface area contributed by atoms with E-state index < -0.39 is 17.9 Å². The number of esters is 1. The fourth-order valence-electron chi connectivity index (χ4n) is 1.16. The van der Waals surface area contributed by atoms with Crippen molar-refractivity contribution in [2.24, 2.45) is 5.92 Å². The average molecular weight is 244 g/mol. The Hall–Kier alpha value is -1.59. The van der Waals surface area contributed by atoms with Gasteiger partial charge in [0, 0.05) is 6.92 Å². The van der Waals surface area contributed by atoms with E-state index >= 15 is 0 Å². The summed E-state index contributed by atoms with van der Waals surface area (Å²) in [6.45, 7) is 6.76. The molecule has 0 saturated carbocycles. The molecule has 1 unspecified atom stereocenters. The first-order chi connectivity index (χ1) is 7.88. The molecule has 6 heteroatoms. The number of rotatable bonds is 6. The van der Waals surface area contributed by atoms with Gasteiger partial charge in [0.25, 0.3) is 0 Å². The molecular formula is C11H20N2O4. The molecule has 0 saturated heterocycles. The first-order valence-corrected chi connectivity index (χ1v) is 5.58. The number of hydrogen-bond acceptors (Lipinski definition) is 4. The summed E-state index contributed by atoms with van der Waals surface area (Å²) >= 11 is 0. The maximum absolute atomic E-state index is 11.5. The summed E-state index contributed by atoms with van der Waals surface area (Å²) in [5.74, 6) is -1.24. The van der Waals surface area contributed by atoms with E-state index in [0.717, 1.165) is 0 Å². The summed E-state index contributed by atoms with van der Waals surface area (Å²) in [4.78, 5) is 33.6. The third-order valence-electron chi connectivity index (χ3n) is 2.02. The van der Waals surface area contributed by atoms with E-state index in [1.54, 1.807) is 20.8 Å². The van der Waals surface area contributed by atoms with Crippen LogP contribution in [0, 0.1) is 5.92 Å². The van der Waals surface area contributed by atoms with Crippen LogP contribution in [-0.2, 0) is 19.1 Å². The highest BCUT2D eigenvalue weighted by molar-refractivity contribution is 5.87. The Morgan fingerprint density at radius 1 is 1.24 bits per heavy atom. The molecule has 2 amide bonds. The first-order valence-electron chi connectivity index (χ1n) is 5.58. The zero-order valence-electron chi connectivity index (χ0n) is 10.7. The molecule has 1 atom stereocenters. The highest BCUT2D eigenvalue weighted by Crippen LogP contribution is 2.03. The van der Waals surface area contributed by atoms with Crippen molar-refractivity contribution in [1.82, 2.24) is 10.6 Å². The molecule has 0 fully saturated rings. The van der Waals surface area contributed by atoms with Crippen LogP contribution >= 0.6 is 0 Å². The lowest BCUT2D eigenvalue weighted by Gasteiger charge is -2.20. The predicted octanol–water partition coefficient (Wildman–Crippen LogP) is -0.174. The van der Waals surface area contributed by atoms with Crippen molar-refractivity contribution in [3.63, 3.8) is 0 Å². The molecule has 0 bridgehead atoms. The fraction of sp³-hybridized carbons (Fsp3) is 0.727. The SMILES string of the molecule is CCOC(=O)C(NC(=O)CNC(C)=O)C(C)C. The number of nitrogens with one attached hydrogen (secondary N) is 2. The van der Waals surface area contributed by atoms with Gasteiger partial charge in [-0.05, 0) is 12.8 Å². The number of ether oxygens (including phenoxy) is 1. The van der Waals surface area contributed by atoms with Gasteiger partial charge in [-0.25, -0.2) is 4.79 Å². The van der Waals surface area contributed by atoms with Crippen LogP contribution in [0.3, 0.4) is 0 Å². The normalized spacial score (nSPS) is 11.8. The Morgan fingerprint density at radius 3 is 2.24 bits per heavy atom. The van der Waals surface area contributed by atoms with Crippen molar-refractivity contribution >= 4 is 17.8 Å². The van der Waals surface area contributed by atoms with E-state index in [1.165, 1.54) is 6.92 Å². The fourth-order valence-corrected chi connectivity index (χ4v) is 1.16. The van der Waals surface area contributed by atoms with Crippen molar-refractivity contribution < 1.29 is 19.1 Å². The van der Waals surface area contributed by atoms with Gasteiger partial charge in [-0.15, -0.1) is 0 Å². The van der Waals surface area contributed by atoms with Crippen LogP contribution in [0.2, 0.25) is 0 Å². The van der Waals surface area contributed by atoms with Gasteiger partial charge in [-0.3, -0.25) is 9.59 Å². The van der Waals surface area contributed by atoms with Gasteiger partial charge in [-0.1, -0.05) is 13.8 Å². The molecular weight excluding hydrogens is 224 g/mol. The van der Waals surface area contributed by atoms with Crippen molar-refractivity contribution in [3.05, 3.63) is 0 Å². The van der Waals surface area contributed by atoms with Crippen LogP contribution < -0.4 is 10.6 Å². The Morgan fingerprint density at radius 2 is 1.82 bits per heavy atom. The van der Waals surface area contributed by atoms with E-state index in [4.69, 9.17) is 4.74 Å². The van der Waals surface area contributed by atoms with Crippen LogP contribution in [0.15, 0.2) is 0 Å². The summed E-state index contributed by atoms with van der Waals surface area (Å²) in [5, 5.41) is 4.89. The molecule has 0 aliphatic rings. The minimum atomic E-state index is -0.684. The summed E-state index contributed by atoms with van der Waals surface area (Å²) in [6, 6.07) is -0.684. The maximum Gasteiger partial charge on any atom is 0.328 e. The summed E-state index contributed by atoms with van der Waals surface area (Å²) < 4.78 is 4.85. The summed E-state index contributed by atoms with van der Waals surface area (Å²) in [5.41, 5.74) is 0. The van der Waals surface area contributed by atoms with Gasteiger partial charge >= 0.3 is 5.97 Å². The highest BCUT2D eigenvalue weighted by atomic mass is 16.5. The van der Waals surface area contributed by atoms with Gasteiger partial charge in [-0.2, -0.15) is 0 Å². The van der Waals surface area contributed by atoms with E-state index in [1.807, 2.05) is 0 Å². The third kappa shape index (κ3) is 6.55. The smallest absolute Gasteiger partial charge is 0.328 e. The summed E-state index contributed by atoms with van der Waals surface area (Å²) in [7, 11) is 0. The molecule has 6 nitrogen and oxygen atoms in total. The molecule has 17 heavy (non-hydrogen) atoms. The van der Waals surface area contributed by atoms with Gasteiger partial charge < -0.3 is 15.4 Å². The second-order valence-electron chi connectivity index (χ2n) is 3.95. The lowest BCUT2D eigenvalue weighted by molar-refractivity contribution is -0.148. The van der Waals surface area contributed by atoms with E-state index in [9.17, 15) is 14.4 Å². The minimum Gasteiger partial charge on any atom is -0.464 e. The average Bonchev–Trinajstić information content (AvgIpc) is 2.22. The van der Waals surface area contributed by atoms with Crippen molar-refractivity contribution in [2.45, 2.75) is 33.7 Å². The molecule has 0 aliphatic carbocycles. The van der Waals surface area contributed by atoms with Crippen LogP contribution in [0.4, 0.5) is 0 Å². The monoisotopic (exact) mass is 244 g/mol. The van der Waals surface area contributed by atoms with Gasteiger partial charge in [0.05, 0.1) is 13.2 Å². The molecule has 0 heterocycles. The highest BCUT2D eigenvalue weighted by Gasteiger charge is 2.25. The lowest BCUT2D eigenvalue weighted by atomic mass is 10.0. The largest absolute Gasteiger partial charge is 0.464 e. The molecule has 0 rings (SSSR count). The Kier molecular flexibility index (Phi) is 6.93. The second-order valence-corrected chi connectivity index (χ2v) is 3.95. The molecule has 0 aromatic carbocycles. The lowest BCUT2D eigenvalue weighted by Crippen LogP contribution is -2.48. The summed E-state index contributed by atoms with van der Waals surface area (Å²) in [6.07, 6.45) is 0. The molecule has 0 aliphatic heterocycles. The van der Waals surface area contributed by atoms with Crippen molar-refractivity contribution in [3.8, 4) is 0 Å². The number of carbonyl (C=O) groups excluding carboxylic acids is 3. The van der Waals surface area contributed by atoms with Gasteiger partial charge in [0.1, 0.15) is 6.04 Å². The zero-order valence-corrected chi connectivity index (χ0v) is 10.7. The minimum absolute atomic E-state index is 0.0738. The van der Waals surface area contributed by atoms with E-state index in [-0.39, 0.29) is 25.0 Å². The zero-order chi connectivity index (χ0) is 13.4. The Bertz CT molecular complexity index is 289. The number of amides is 2. The Labute approximate surface area is 101 Å². The molecule has 2 N–H and O–H groups in total. The quantitative estimate of drug-likeness (QED) is 0.635. The second kappa shape index (κ2) is 7.65. The van der Waals surface area contributed by atoms with Gasteiger partial charge in [0.15, 0.2) is 0 Å². The number of hydrogen-bond donors (Lipinski definition) is 2. The van der Waals surface area contributed by atoms with Crippen LogP contribution in [0.25, 0.3) is 0 Å². The molecule has 0 aromatic rings. The number of carbonyl (C=O) groups is 3. The van der Waals surface area contributed by atoms with Crippen molar-refractivity contribution in [2.75, 3.05) is 13.2 Å². The van der Waals surface area contributed by atoms with E-state index in [2.05, 4.69) is 10.6 Å². The topological polar surface area (TPSA) is 84.5 Å². The van der Waals surface area contributed by atoms with Gasteiger partial charge in [0.2, 0.25) is 11.8 Å². The van der Waals surface area contributed by atoms with Crippen LogP contribution in [0.1, 0.15) is 27.7 Å². The van der Waals surface area contributed by atoms with Crippen LogP contribution in [-0.4, -0.2) is 37.0 Å². The first kappa shape index (κ1) is 15.4. The molecule has 98 valence electrons. The molecule has 0 radical (unpaired) electrons. The van der Waals surface area contributed by atoms with E-state index in [0.29, 0.717) is 0 Å². The maximum atomic E-state index is 11.5. The molecule has 0 spiro atoms. The molecule has 0 aromatic heterocycles. The third-order valence-corrected chi connectivity index (χ3v) is 2.02.